The lowest BCUT2D eigenvalue weighted by Crippen LogP contribution is -2.41. The summed E-state index contributed by atoms with van der Waals surface area (Å²) >= 11 is 0. The highest BCUT2D eigenvalue weighted by atomic mass is 19.1. The van der Waals surface area contributed by atoms with Crippen molar-refractivity contribution >= 4 is 5.97 Å². The average Bonchev–Trinajstić information content (AvgIpc) is 2.38. The molecular weight excluding hydrogens is 251 g/mol. The first kappa shape index (κ1) is 13.8. The summed E-state index contributed by atoms with van der Waals surface area (Å²) in [5.41, 5.74) is -1.06. The molecule has 1 aliphatic rings. The lowest BCUT2D eigenvalue weighted by molar-refractivity contribution is -0.145. The molecule has 1 aromatic rings. The maximum atomic E-state index is 13.4. The van der Waals surface area contributed by atoms with E-state index in [2.05, 4.69) is 0 Å². The van der Waals surface area contributed by atoms with E-state index in [-0.39, 0.29) is 12.4 Å². The SMILES string of the molecule is O=C(O)C1CCC(O)(COc2ccccc2F)CC1. The third kappa shape index (κ3) is 3.44. The van der Waals surface area contributed by atoms with Gasteiger partial charge in [-0.2, -0.15) is 0 Å². The molecule has 1 saturated carbocycles. The molecule has 0 unspecified atom stereocenters. The van der Waals surface area contributed by atoms with Crippen LogP contribution in [0.3, 0.4) is 0 Å². The molecule has 1 aromatic carbocycles. The van der Waals surface area contributed by atoms with Crippen molar-refractivity contribution in [2.24, 2.45) is 5.92 Å². The lowest BCUT2D eigenvalue weighted by Gasteiger charge is -2.34. The summed E-state index contributed by atoms with van der Waals surface area (Å²) < 4.78 is 18.7. The first-order chi connectivity index (χ1) is 9.00. The molecule has 0 radical (unpaired) electrons. The van der Waals surface area contributed by atoms with Gasteiger partial charge in [0.25, 0.3) is 0 Å². The summed E-state index contributed by atoms with van der Waals surface area (Å²) in [7, 11) is 0. The number of carboxylic acid groups (broad SMARTS) is 1. The van der Waals surface area contributed by atoms with Crippen molar-refractivity contribution in [3.05, 3.63) is 30.1 Å². The summed E-state index contributed by atoms with van der Waals surface area (Å²) in [6, 6.07) is 6.01. The molecule has 4 nitrogen and oxygen atoms in total. The van der Waals surface area contributed by atoms with Gasteiger partial charge in [0.1, 0.15) is 6.61 Å². The highest BCUT2D eigenvalue weighted by molar-refractivity contribution is 5.70. The maximum absolute atomic E-state index is 13.4. The highest BCUT2D eigenvalue weighted by Gasteiger charge is 2.36. The van der Waals surface area contributed by atoms with Crippen LogP contribution >= 0.6 is 0 Å². The van der Waals surface area contributed by atoms with Crippen LogP contribution in [0.4, 0.5) is 4.39 Å². The molecule has 0 bridgehead atoms. The van der Waals surface area contributed by atoms with E-state index in [1.807, 2.05) is 0 Å². The Kier molecular flexibility index (Phi) is 4.04. The van der Waals surface area contributed by atoms with Crippen LogP contribution in [0.2, 0.25) is 0 Å². The zero-order chi connectivity index (χ0) is 13.9. The molecule has 5 heteroatoms. The van der Waals surface area contributed by atoms with Crippen LogP contribution in [-0.4, -0.2) is 28.4 Å². The quantitative estimate of drug-likeness (QED) is 0.878. The Hall–Kier alpha value is -1.62. The number of halogens is 1. The molecular formula is C14H17FO4. The molecule has 1 aliphatic carbocycles. The van der Waals surface area contributed by atoms with E-state index in [1.54, 1.807) is 12.1 Å². The van der Waals surface area contributed by atoms with Crippen LogP contribution in [0.15, 0.2) is 24.3 Å². The van der Waals surface area contributed by atoms with Gasteiger partial charge in [-0.15, -0.1) is 0 Å². The fourth-order valence-corrected chi connectivity index (χ4v) is 2.32. The molecule has 104 valence electrons. The second-order valence-corrected chi connectivity index (χ2v) is 5.06. The fraction of sp³-hybridized carbons (Fsp3) is 0.500. The van der Waals surface area contributed by atoms with Crippen molar-refractivity contribution in [3.8, 4) is 5.75 Å². The van der Waals surface area contributed by atoms with E-state index >= 15 is 0 Å². The Balaban J connectivity index is 1.90. The molecule has 2 N–H and O–H groups in total. The second kappa shape index (κ2) is 5.57. The van der Waals surface area contributed by atoms with Crippen LogP contribution in [0.25, 0.3) is 0 Å². The number of hydrogen-bond donors (Lipinski definition) is 2. The smallest absolute Gasteiger partial charge is 0.306 e. The summed E-state index contributed by atoms with van der Waals surface area (Å²) in [6.07, 6.45) is 1.57. The van der Waals surface area contributed by atoms with Gasteiger partial charge < -0.3 is 14.9 Å². The Morgan fingerprint density at radius 1 is 1.37 bits per heavy atom. The third-order valence-corrected chi connectivity index (χ3v) is 3.60. The molecule has 2 rings (SSSR count). The first-order valence-electron chi connectivity index (χ1n) is 6.33. The highest BCUT2D eigenvalue weighted by Crippen LogP contribution is 2.33. The standard InChI is InChI=1S/C14H17FO4/c15-11-3-1-2-4-12(11)19-9-14(18)7-5-10(6-8-14)13(16)17/h1-4,10,18H,5-9H2,(H,16,17). The van der Waals surface area contributed by atoms with Crippen molar-refractivity contribution in [2.45, 2.75) is 31.3 Å². The van der Waals surface area contributed by atoms with Crippen molar-refractivity contribution in [1.82, 2.24) is 0 Å². The second-order valence-electron chi connectivity index (χ2n) is 5.06. The fourth-order valence-electron chi connectivity index (χ4n) is 2.32. The van der Waals surface area contributed by atoms with Crippen molar-refractivity contribution in [2.75, 3.05) is 6.61 Å². The normalized spacial score (nSPS) is 26.9. The Morgan fingerprint density at radius 2 is 2.00 bits per heavy atom. The van der Waals surface area contributed by atoms with Crippen LogP contribution in [-0.2, 0) is 4.79 Å². The summed E-state index contributed by atoms with van der Waals surface area (Å²) in [6.45, 7) is -0.0136. The van der Waals surface area contributed by atoms with E-state index in [0.29, 0.717) is 25.7 Å². The van der Waals surface area contributed by atoms with Gasteiger partial charge in [0.15, 0.2) is 11.6 Å². The number of hydrogen-bond acceptors (Lipinski definition) is 3. The molecule has 0 saturated heterocycles. The van der Waals surface area contributed by atoms with E-state index < -0.39 is 23.3 Å². The Labute approximate surface area is 110 Å². The predicted octanol–water partition coefficient (Wildman–Crippen LogP) is 2.21. The van der Waals surface area contributed by atoms with Gasteiger partial charge in [-0.3, -0.25) is 4.79 Å². The first-order valence-corrected chi connectivity index (χ1v) is 6.33. The minimum absolute atomic E-state index is 0.0136. The molecule has 19 heavy (non-hydrogen) atoms. The van der Waals surface area contributed by atoms with Crippen molar-refractivity contribution in [1.29, 1.82) is 0 Å². The minimum atomic E-state index is -1.06. The van der Waals surface area contributed by atoms with Crippen molar-refractivity contribution < 1.29 is 24.1 Å². The van der Waals surface area contributed by atoms with Crippen LogP contribution < -0.4 is 4.74 Å². The minimum Gasteiger partial charge on any atom is -0.488 e. The molecule has 0 aliphatic heterocycles. The summed E-state index contributed by atoms with van der Waals surface area (Å²) in [4.78, 5) is 10.8. The van der Waals surface area contributed by atoms with Gasteiger partial charge in [-0.1, -0.05) is 12.1 Å². The number of aliphatic carboxylic acids is 1. The van der Waals surface area contributed by atoms with Crippen LogP contribution in [0.5, 0.6) is 5.75 Å². The van der Waals surface area contributed by atoms with Gasteiger partial charge in [0, 0.05) is 0 Å². The van der Waals surface area contributed by atoms with Gasteiger partial charge in [-0.25, -0.2) is 4.39 Å². The maximum Gasteiger partial charge on any atom is 0.306 e. The molecule has 1 fully saturated rings. The van der Waals surface area contributed by atoms with Crippen LogP contribution in [0, 0.1) is 11.7 Å². The molecule has 0 heterocycles. The molecule has 0 atom stereocenters. The van der Waals surface area contributed by atoms with E-state index in [1.165, 1.54) is 12.1 Å². The number of benzene rings is 1. The number of carboxylic acids is 1. The number of carbonyl (C=O) groups is 1. The zero-order valence-corrected chi connectivity index (χ0v) is 10.5. The predicted molar refractivity (Wildman–Crippen MR) is 66.4 cm³/mol. The Morgan fingerprint density at radius 3 is 2.58 bits per heavy atom. The van der Waals surface area contributed by atoms with Crippen LogP contribution in [0.1, 0.15) is 25.7 Å². The zero-order valence-electron chi connectivity index (χ0n) is 10.5. The molecule has 0 spiro atoms. The Bertz CT molecular complexity index is 453. The molecule has 0 aromatic heterocycles. The molecule has 0 amide bonds. The topological polar surface area (TPSA) is 66.8 Å². The van der Waals surface area contributed by atoms with Gasteiger partial charge in [0.05, 0.1) is 11.5 Å². The number of aliphatic hydroxyl groups is 1. The average molecular weight is 268 g/mol. The number of rotatable bonds is 4. The van der Waals surface area contributed by atoms with E-state index in [0.717, 1.165) is 0 Å². The van der Waals surface area contributed by atoms with Gasteiger partial charge >= 0.3 is 5.97 Å². The monoisotopic (exact) mass is 268 g/mol. The third-order valence-electron chi connectivity index (χ3n) is 3.60. The van der Waals surface area contributed by atoms with Crippen molar-refractivity contribution in [3.63, 3.8) is 0 Å². The van der Waals surface area contributed by atoms with E-state index in [4.69, 9.17) is 9.84 Å². The van der Waals surface area contributed by atoms with E-state index in [9.17, 15) is 14.3 Å². The largest absolute Gasteiger partial charge is 0.488 e. The summed E-state index contributed by atoms with van der Waals surface area (Å²) in [5.74, 6) is -1.58. The lowest BCUT2D eigenvalue weighted by atomic mass is 9.79. The van der Waals surface area contributed by atoms with Gasteiger partial charge in [-0.05, 0) is 37.8 Å². The van der Waals surface area contributed by atoms with Gasteiger partial charge in [0.2, 0.25) is 0 Å². The summed E-state index contributed by atoms with van der Waals surface area (Å²) in [5, 5.41) is 19.2. The number of para-hydroxylation sites is 1. The number of ether oxygens (including phenoxy) is 1.